The molecule has 3 atom stereocenters. The number of allylic oxidation sites excluding steroid dienone is 15. The Bertz CT molecular complexity index is 1640. The Kier molecular flexibility index (Phi) is 54.0. The zero-order chi connectivity index (χ0) is 56.4. The molecule has 0 aromatic heterocycles. The molecule has 0 saturated heterocycles. The van der Waals surface area contributed by atoms with Gasteiger partial charge in [0.2, 0.25) is 5.91 Å². The lowest BCUT2D eigenvalue weighted by atomic mass is 10.0. The Hall–Kier alpha value is -3.07. The molecular formula is C67H119N2O7P. The highest BCUT2D eigenvalue weighted by Gasteiger charge is 2.27. The van der Waals surface area contributed by atoms with Crippen molar-refractivity contribution in [3.05, 3.63) is 97.2 Å². The molecule has 0 bridgehead atoms. The van der Waals surface area contributed by atoms with Crippen LogP contribution in [-0.4, -0.2) is 69.4 Å². The molecule has 0 aliphatic rings. The van der Waals surface area contributed by atoms with Crippen LogP contribution in [0.4, 0.5) is 0 Å². The van der Waals surface area contributed by atoms with Crippen molar-refractivity contribution in [3.8, 4) is 0 Å². The first kappa shape index (κ1) is 73.9. The Balaban J connectivity index is 5.27. The van der Waals surface area contributed by atoms with Crippen molar-refractivity contribution < 1.29 is 37.3 Å². The highest BCUT2D eigenvalue weighted by Crippen LogP contribution is 2.38. The van der Waals surface area contributed by atoms with Gasteiger partial charge in [-0.3, -0.25) is 14.2 Å². The topological polar surface area (TPSA) is 114 Å². The molecule has 1 N–H and O–H groups in total. The van der Waals surface area contributed by atoms with Crippen molar-refractivity contribution in [3.63, 3.8) is 0 Å². The Morgan fingerprint density at radius 2 is 0.883 bits per heavy atom. The third-order valence-electron chi connectivity index (χ3n) is 13.6. The second kappa shape index (κ2) is 56.2. The van der Waals surface area contributed by atoms with E-state index in [4.69, 9.17) is 13.8 Å². The van der Waals surface area contributed by atoms with Gasteiger partial charge in [0.15, 0.2) is 0 Å². The van der Waals surface area contributed by atoms with Gasteiger partial charge in [-0.2, -0.15) is 0 Å². The molecule has 0 radical (unpaired) electrons. The minimum atomic E-state index is -4.71. The number of phosphoric ester groups is 1. The van der Waals surface area contributed by atoms with Crippen molar-refractivity contribution in [2.45, 2.75) is 277 Å². The maximum Gasteiger partial charge on any atom is 0.306 e. The normalized spacial score (nSPS) is 14.3. The quantitative estimate of drug-likeness (QED) is 0.0161. The smallest absolute Gasteiger partial charge is 0.306 e. The van der Waals surface area contributed by atoms with Crippen LogP contribution in [0.15, 0.2) is 97.2 Å². The second-order valence-corrected chi connectivity index (χ2v) is 23.6. The Morgan fingerprint density at radius 1 is 0.481 bits per heavy atom. The Labute approximate surface area is 475 Å². The number of carbonyl (C=O) groups excluding carboxylic acids is 2. The van der Waals surface area contributed by atoms with Gasteiger partial charge < -0.3 is 28.5 Å². The van der Waals surface area contributed by atoms with Gasteiger partial charge in [-0.1, -0.05) is 253 Å². The number of unbranched alkanes of at least 4 members (excludes halogenated alkanes) is 28. The molecule has 77 heavy (non-hydrogen) atoms. The number of ether oxygens (including phenoxy) is 1. The van der Waals surface area contributed by atoms with E-state index in [1.807, 2.05) is 33.3 Å². The van der Waals surface area contributed by atoms with Crippen LogP contribution in [0.1, 0.15) is 265 Å². The number of nitrogens with zero attached hydrogens (tertiary/aromatic N) is 1. The number of hydrogen-bond donors (Lipinski definition) is 1. The summed E-state index contributed by atoms with van der Waals surface area (Å²) in [7, 11) is 1.16. The van der Waals surface area contributed by atoms with Crippen LogP contribution in [0.2, 0.25) is 0 Å². The summed E-state index contributed by atoms with van der Waals surface area (Å²) in [6.07, 6.45) is 75.1. The van der Waals surface area contributed by atoms with Gasteiger partial charge in [-0.15, -0.1) is 0 Å². The first-order valence-corrected chi connectivity index (χ1v) is 33.0. The summed E-state index contributed by atoms with van der Waals surface area (Å²) in [5.74, 6) is -0.569. The van der Waals surface area contributed by atoms with E-state index in [1.54, 1.807) is 0 Å². The number of phosphoric acid groups is 1. The van der Waals surface area contributed by atoms with Gasteiger partial charge in [-0.25, -0.2) is 0 Å². The molecule has 0 rings (SSSR count). The fraction of sp³-hybridized carbons (Fsp3) is 0.731. The van der Waals surface area contributed by atoms with E-state index in [0.717, 1.165) is 103 Å². The predicted octanol–water partition coefficient (Wildman–Crippen LogP) is 18.9. The highest BCUT2D eigenvalue weighted by molar-refractivity contribution is 7.45. The molecule has 10 heteroatoms. The number of amides is 1. The molecular weight excluding hydrogens is 976 g/mol. The average molecular weight is 1100 g/mol. The zero-order valence-electron chi connectivity index (χ0n) is 50.6. The molecule has 1 amide bonds. The lowest BCUT2D eigenvalue weighted by Crippen LogP contribution is -2.47. The second-order valence-electron chi connectivity index (χ2n) is 22.2. The number of hydrogen-bond acceptors (Lipinski definition) is 7. The zero-order valence-corrected chi connectivity index (χ0v) is 51.5. The highest BCUT2D eigenvalue weighted by atomic mass is 31.2. The molecule has 0 saturated carbocycles. The first-order chi connectivity index (χ1) is 37.4. The van der Waals surface area contributed by atoms with Gasteiger partial charge in [0.05, 0.1) is 33.8 Å². The summed E-state index contributed by atoms with van der Waals surface area (Å²) < 4.78 is 30.3. The lowest BCUT2D eigenvalue weighted by molar-refractivity contribution is -0.870. The third kappa shape index (κ3) is 57.4. The summed E-state index contributed by atoms with van der Waals surface area (Å²) in [5.41, 5.74) is 0. The predicted molar refractivity (Wildman–Crippen MR) is 330 cm³/mol. The van der Waals surface area contributed by atoms with Crippen LogP contribution in [0.5, 0.6) is 0 Å². The fourth-order valence-corrected chi connectivity index (χ4v) is 9.40. The number of carbonyl (C=O) groups is 2. The summed E-state index contributed by atoms with van der Waals surface area (Å²) in [6, 6.07) is -0.905. The van der Waals surface area contributed by atoms with E-state index >= 15 is 0 Å². The van der Waals surface area contributed by atoms with Gasteiger partial charge in [0.1, 0.15) is 19.3 Å². The summed E-state index contributed by atoms with van der Waals surface area (Å²) >= 11 is 0. The molecule has 0 fully saturated rings. The van der Waals surface area contributed by atoms with Crippen LogP contribution < -0.4 is 10.2 Å². The van der Waals surface area contributed by atoms with Crippen LogP contribution in [0, 0.1) is 0 Å². The van der Waals surface area contributed by atoms with Gasteiger partial charge in [-0.05, 0) is 96.0 Å². The minimum Gasteiger partial charge on any atom is -0.756 e. The molecule has 0 heterocycles. The van der Waals surface area contributed by atoms with Crippen molar-refractivity contribution in [1.82, 2.24) is 5.32 Å². The number of esters is 1. The average Bonchev–Trinajstić information content (AvgIpc) is 3.39. The summed E-state index contributed by atoms with van der Waals surface area (Å²) in [4.78, 5) is 40.0. The van der Waals surface area contributed by atoms with Gasteiger partial charge >= 0.3 is 5.97 Å². The summed E-state index contributed by atoms with van der Waals surface area (Å²) in [6.45, 7) is 6.67. The number of quaternary nitrogens is 1. The fourth-order valence-electron chi connectivity index (χ4n) is 8.68. The number of nitrogens with one attached hydrogen (secondary N) is 1. The number of likely N-dealkylation sites (N-methyl/N-ethyl adjacent to an activating group) is 1. The van der Waals surface area contributed by atoms with Crippen molar-refractivity contribution >= 4 is 19.7 Å². The van der Waals surface area contributed by atoms with Gasteiger partial charge in [0.25, 0.3) is 7.82 Å². The van der Waals surface area contributed by atoms with E-state index in [1.165, 1.54) is 122 Å². The molecule has 0 spiro atoms. The van der Waals surface area contributed by atoms with Crippen LogP contribution in [0.3, 0.4) is 0 Å². The molecule has 0 aromatic carbocycles. The van der Waals surface area contributed by atoms with E-state index < -0.39 is 26.6 Å². The number of rotatable bonds is 56. The molecule has 9 nitrogen and oxygen atoms in total. The van der Waals surface area contributed by atoms with Crippen molar-refractivity contribution in [2.24, 2.45) is 0 Å². The lowest BCUT2D eigenvalue weighted by Gasteiger charge is -2.30. The monoisotopic (exact) mass is 1090 g/mol. The maximum atomic E-state index is 13.5. The maximum absolute atomic E-state index is 13.5. The first-order valence-electron chi connectivity index (χ1n) is 31.6. The molecule has 0 aromatic rings. The molecule has 444 valence electrons. The van der Waals surface area contributed by atoms with Crippen molar-refractivity contribution in [1.29, 1.82) is 0 Å². The summed E-state index contributed by atoms with van der Waals surface area (Å²) in [5, 5.41) is 3.02. The van der Waals surface area contributed by atoms with Crippen LogP contribution in [0.25, 0.3) is 0 Å². The largest absolute Gasteiger partial charge is 0.756 e. The van der Waals surface area contributed by atoms with E-state index in [-0.39, 0.29) is 24.9 Å². The van der Waals surface area contributed by atoms with Gasteiger partial charge in [0, 0.05) is 12.8 Å². The molecule has 3 unspecified atom stereocenters. The van der Waals surface area contributed by atoms with Crippen LogP contribution >= 0.6 is 7.82 Å². The SMILES string of the molecule is CC/C=C/C=C/C=C/CCCCCCCCCC(=O)NC(COP(=O)([O-])OCC[N+](C)(C)C)C(/C=C\CCCCCCCCCCCCC)OC(=O)CCCCCCCCC/C=C\C/C=C\C/C=C\C/C=C\CCCCC. The molecule has 0 aliphatic carbocycles. The van der Waals surface area contributed by atoms with E-state index in [2.05, 4.69) is 111 Å². The standard InChI is InChI=1S/C67H119N2O7P/c1-7-10-13-16-19-22-25-28-30-31-32-33-34-35-36-37-39-42-45-48-51-54-57-60-67(71)76-65(58-55-52-49-46-43-40-27-24-21-18-15-12-9-3)64(63-75-77(72,73)74-62-61-69(4,5)6)68-66(70)59-56-53-50-47-44-41-38-29-26-23-20-17-14-11-8-2/h11,14,17,19-20,22-23,26,28,30,32-33,35-36,55,58,64-65H,7-10,12-13,15-16,18,21,24-25,27,29,31,34,37-54,56-57,59-63H2,1-6H3,(H-,68,70,72,73)/b14-11+,20-17+,22-19-,26-23+,30-28-,33-32-,36-35-,58-55-. The third-order valence-corrected chi connectivity index (χ3v) is 14.5. The van der Waals surface area contributed by atoms with Crippen LogP contribution in [-0.2, 0) is 27.9 Å². The van der Waals surface area contributed by atoms with E-state index in [9.17, 15) is 19.0 Å². The van der Waals surface area contributed by atoms with E-state index in [0.29, 0.717) is 23.9 Å². The molecule has 0 aliphatic heterocycles. The van der Waals surface area contributed by atoms with Crippen molar-refractivity contribution in [2.75, 3.05) is 40.9 Å². The Morgan fingerprint density at radius 3 is 1.38 bits per heavy atom. The minimum absolute atomic E-state index is 0.0312.